The number of hydrogen-bond donors (Lipinski definition) is 0. The van der Waals surface area contributed by atoms with Crippen LogP contribution in [0, 0.1) is 16.7 Å². The van der Waals surface area contributed by atoms with E-state index in [9.17, 15) is 10.1 Å². The minimum atomic E-state index is -0.463. The maximum Gasteiger partial charge on any atom is 0.410 e. The fraction of sp³-hybridized carbons (Fsp3) is 0.429. The number of fused-ring (bicyclic) bond motifs is 1. The van der Waals surface area contributed by atoms with Crippen molar-refractivity contribution in [3.8, 4) is 17.5 Å². The van der Waals surface area contributed by atoms with E-state index in [0.29, 0.717) is 22.2 Å². The van der Waals surface area contributed by atoms with Crippen molar-refractivity contribution in [1.82, 2.24) is 14.4 Å². The van der Waals surface area contributed by atoms with E-state index in [2.05, 4.69) is 35.2 Å². The number of alkyl halides is 1. The van der Waals surface area contributed by atoms with Gasteiger partial charge < -0.3 is 18.9 Å². The molecule has 37 heavy (non-hydrogen) atoms. The monoisotopic (exact) mass is 540 g/mol. The lowest BCUT2D eigenvalue weighted by Crippen LogP contribution is -2.72. The number of nitrogens with zero attached hydrogens (tertiary/aromatic N) is 4. The largest absolute Gasteiger partial charge is 0.489 e. The Morgan fingerprint density at radius 1 is 1.14 bits per heavy atom. The molecule has 9 heteroatoms. The van der Waals surface area contributed by atoms with Crippen molar-refractivity contribution in [2.24, 2.45) is 5.41 Å². The SMILES string of the molecule is CC(C)(C)OC(=O)N1CC2(CN(Cc3ccc4c(ccn4-c4cc(Cl)c(OCCCl)c(C#N)c4)c3)C2)C1. The number of rotatable bonds is 6. The Kier molecular flexibility index (Phi) is 6.78. The van der Waals surface area contributed by atoms with Crippen LogP contribution < -0.4 is 4.74 Å². The number of carbonyl (C=O) groups excluding carboxylic acids is 1. The lowest BCUT2D eigenvalue weighted by molar-refractivity contribution is -0.115. The van der Waals surface area contributed by atoms with Crippen molar-refractivity contribution in [3.63, 3.8) is 0 Å². The number of benzene rings is 2. The minimum Gasteiger partial charge on any atom is -0.489 e. The normalized spacial score (nSPS) is 16.8. The first-order valence-corrected chi connectivity index (χ1v) is 13.2. The van der Waals surface area contributed by atoms with Crippen LogP contribution in [0.4, 0.5) is 4.79 Å². The Hall–Kier alpha value is -2.92. The summed E-state index contributed by atoms with van der Waals surface area (Å²) >= 11 is 12.2. The van der Waals surface area contributed by atoms with E-state index in [-0.39, 0.29) is 18.1 Å². The number of aromatic nitrogens is 1. The van der Waals surface area contributed by atoms with Gasteiger partial charge in [-0.3, -0.25) is 4.90 Å². The fourth-order valence-corrected chi connectivity index (χ4v) is 5.64. The second-order valence-electron chi connectivity index (χ2n) is 11.0. The predicted molar refractivity (Wildman–Crippen MR) is 145 cm³/mol. The van der Waals surface area contributed by atoms with Gasteiger partial charge in [-0.2, -0.15) is 5.26 Å². The Labute approximate surface area is 227 Å². The van der Waals surface area contributed by atoms with Gasteiger partial charge in [-0.05, 0) is 56.7 Å². The molecule has 194 valence electrons. The number of amides is 1. The number of likely N-dealkylation sites (tertiary alicyclic amines) is 2. The Morgan fingerprint density at radius 3 is 2.57 bits per heavy atom. The summed E-state index contributed by atoms with van der Waals surface area (Å²) in [6, 6.07) is 14.3. The molecule has 5 rings (SSSR count). The summed E-state index contributed by atoms with van der Waals surface area (Å²) in [6.07, 6.45) is 1.77. The summed E-state index contributed by atoms with van der Waals surface area (Å²) in [7, 11) is 0. The molecule has 0 aliphatic carbocycles. The van der Waals surface area contributed by atoms with E-state index in [0.717, 1.165) is 49.3 Å². The van der Waals surface area contributed by atoms with Crippen LogP contribution in [-0.2, 0) is 11.3 Å². The topological polar surface area (TPSA) is 70.7 Å². The smallest absolute Gasteiger partial charge is 0.410 e. The van der Waals surface area contributed by atoms with Gasteiger partial charge in [-0.1, -0.05) is 17.7 Å². The van der Waals surface area contributed by atoms with Crippen molar-refractivity contribution in [1.29, 1.82) is 5.26 Å². The highest BCUT2D eigenvalue weighted by atomic mass is 35.5. The second kappa shape index (κ2) is 9.75. The third-order valence-corrected chi connectivity index (χ3v) is 7.17. The van der Waals surface area contributed by atoms with Gasteiger partial charge in [0.15, 0.2) is 5.75 Å². The van der Waals surface area contributed by atoms with Crippen LogP contribution >= 0.6 is 23.2 Å². The van der Waals surface area contributed by atoms with E-state index in [1.165, 1.54) is 5.56 Å². The predicted octanol–water partition coefficient (Wildman–Crippen LogP) is 5.83. The molecule has 2 aliphatic rings. The number of hydrogen-bond acceptors (Lipinski definition) is 5. The molecule has 1 amide bonds. The molecule has 2 aliphatic heterocycles. The molecule has 1 spiro atoms. The molecule has 0 bridgehead atoms. The lowest BCUT2D eigenvalue weighted by Gasteiger charge is -2.60. The molecule has 0 unspecified atom stereocenters. The van der Waals surface area contributed by atoms with Gasteiger partial charge in [0.1, 0.15) is 18.3 Å². The maximum atomic E-state index is 12.2. The number of ether oxygens (including phenoxy) is 2. The van der Waals surface area contributed by atoms with Gasteiger partial charge >= 0.3 is 6.09 Å². The summed E-state index contributed by atoms with van der Waals surface area (Å²) in [5.74, 6) is 0.677. The van der Waals surface area contributed by atoms with Crippen molar-refractivity contribution in [2.45, 2.75) is 32.9 Å². The van der Waals surface area contributed by atoms with Crippen LogP contribution in [-0.4, -0.2) is 64.7 Å². The molecule has 2 aromatic carbocycles. The van der Waals surface area contributed by atoms with Crippen LogP contribution in [0.1, 0.15) is 31.9 Å². The average Bonchev–Trinajstić information content (AvgIpc) is 3.20. The first-order chi connectivity index (χ1) is 17.6. The third kappa shape index (κ3) is 5.24. The molecular formula is C28H30Cl2N4O3. The zero-order valence-electron chi connectivity index (χ0n) is 21.3. The number of halogens is 2. The summed E-state index contributed by atoms with van der Waals surface area (Å²) in [6.45, 7) is 10.3. The van der Waals surface area contributed by atoms with Crippen molar-refractivity contribution < 1.29 is 14.3 Å². The first kappa shape index (κ1) is 25.7. The lowest BCUT2D eigenvalue weighted by atomic mass is 9.73. The highest BCUT2D eigenvalue weighted by Crippen LogP contribution is 2.41. The molecule has 3 heterocycles. The van der Waals surface area contributed by atoms with E-state index < -0.39 is 5.60 Å². The minimum absolute atomic E-state index is 0.210. The standard InChI is InChI=1S/C28H30Cl2N4O3/c1-27(2,3)37-26(35)33-17-28(18-33)15-32(16-28)14-19-4-5-24-20(10-19)6-8-34(24)22-11-21(13-31)25(23(30)12-22)36-9-7-29/h4-6,8,10-12H,7,9,14-18H2,1-3H3. The van der Waals surface area contributed by atoms with Gasteiger partial charge in [0.05, 0.1) is 22.0 Å². The van der Waals surface area contributed by atoms with Crippen molar-refractivity contribution in [2.75, 3.05) is 38.7 Å². The van der Waals surface area contributed by atoms with Gasteiger partial charge in [-0.15, -0.1) is 11.6 Å². The van der Waals surface area contributed by atoms with E-state index in [1.54, 1.807) is 17.0 Å². The van der Waals surface area contributed by atoms with Crippen molar-refractivity contribution in [3.05, 3.63) is 58.7 Å². The zero-order valence-corrected chi connectivity index (χ0v) is 22.8. The molecule has 2 saturated heterocycles. The van der Waals surface area contributed by atoms with E-state index in [4.69, 9.17) is 32.7 Å². The van der Waals surface area contributed by atoms with Crippen LogP contribution in [0.15, 0.2) is 42.6 Å². The van der Waals surface area contributed by atoms with Gasteiger partial charge in [0.25, 0.3) is 0 Å². The Balaban J connectivity index is 1.23. The summed E-state index contributed by atoms with van der Waals surface area (Å²) < 4.78 is 13.1. The highest BCUT2D eigenvalue weighted by molar-refractivity contribution is 6.32. The molecule has 0 N–H and O–H groups in total. The first-order valence-electron chi connectivity index (χ1n) is 12.3. The van der Waals surface area contributed by atoms with E-state index >= 15 is 0 Å². The second-order valence-corrected chi connectivity index (χ2v) is 11.8. The highest BCUT2D eigenvalue weighted by Gasteiger charge is 2.53. The van der Waals surface area contributed by atoms with Gasteiger partial charge in [-0.25, -0.2) is 4.79 Å². The van der Waals surface area contributed by atoms with Gasteiger partial charge in [0.2, 0.25) is 0 Å². The summed E-state index contributed by atoms with van der Waals surface area (Å²) in [4.78, 5) is 16.5. The number of carbonyl (C=O) groups is 1. The molecule has 0 radical (unpaired) electrons. The summed E-state index contributed by atoms with van der Waals surface area (Å²) in [5, 5.41) is 11.1. The molecule has 2 fully saturated rings. The van der Waals surface area contributed by atoms with Crippen molar-refractivity contribution >= 4 is 40.2 Å². The van der Waals surface area contributed by atoms with Crippen LogP contribution in [0.2, 0.25) is 5.02 Å². The number of nitriles is 1. The van der Waals surface area contributed by atoms with Crippen LogP contribution in [0.5, 0.6) is 5.75 Å². The molecule has 1 aromatic heterocycles. The maximum absolute atomic E-state index is 12.2. The molecular weight excluding hydrogens is 511 g/mol. The molecule has 0 atom stereocenters. The summed E-state index contributed by atoms with van der Waals surface area (Å²) in [5.41, 5.74) is 3.19. The fourth-order valence-electron chi connectivity index (χ4n) is 5.30. The Morgan fingerprint density at radius 2 is 1.89 bits per heavy atom. The van der Waals surface area contributed by atoms with Gasteiger partial charge in [0, 0.05) is 55.4 Å². The Bertz CT molecular complexity index is 1370. The van der Waals surface area contributed by atoms with Crippen LogP contribution in [0.3, 0.4) is 0 Å². The zero-order chi connectivity index (χ0) is 26.4. The molecule has 7 nitrogen and oxygen atoms in total. The quantitative estimate of drug-likeness (QED) is 0.368. The van der Waals surface area contributed by atoms with Crippen LogP contribution in [0.25, 0.3) is 16.6 Å². The van der Waals surface area contributed by atoms with E-state index in [1.807, 2.05) is 31.5 Å². The third-order valence-electron chi connectivity index (χ3n) is 6.73. The average molecular weight is 541 g/mol. The molecule has 0 saturated carbocycles. The molecule has 3 aromatic rings.